The van der Waals surface area contributed by atoms with Crippen molar-refractivity contribution in [2.75, 3.05) is 12.4 Å². The predicted molar refractivity (Wildman–Crippen MR) is 108 cm³/mol. The first-order chi connectivity index (χ1) is 13.0. The molecule has 0 atom stereocenters. The summed E-state index contributed by atoms with van der Waals surface area (Å²) < 4.78 is 5.12. The zero-order valence-corrected chi connectivity index (χ0v) is 15.9. The van der Waals surface area contributed by atoms with E-state index in [-0.39, 0.29) is 5.91 Å². The van der Waals surface area contributed by atoms with Crippen molar-refractivity contribution in [3.8, 4) is 5.75 Å². The second-order valence-corrected chi connectivity index (χ2v) is 6.48. The maximum absolute atomic E-state index is 12.3. The summed E-state index contributed by atoms with van der Waals surface area (Å²) in [4.78, 5) is 16.5. The van der Waals surface area contributed by atoms with Gasteiger partial charge in [0.15, 0.2) is 0 Å². The van der Waals surface area contributed by atoms with Gasteiger partial charge in [-0.05, 0) is 54.4 Å². The van der Waals surface area contributed by atoms with Gasteiger partial charge in [-0.2, -0.15) is 0 Å². The van der Waals surface area contributed by atoms with Gasteiger partial charge in [-0.15, -0.1) is 0 Å². The summed E-state index contributed by atoms with van der Waals surface area (Å²) in [6, 6.07) is 16.7. The molecule has 5 nitrogen and oxygen atoms in total. The molecule has 27 heavy (non-hydrogen) atoms. The number of methoxy groups -OCH3 is 1. The number of carbonyl (C=O) groups excluding carboxylic acids is 1. The molecule has 2 N–H and O–H groups in total. The van der Waals surface area contributed by atoms with E-state index in [2.05, 4.69) is 15.6 Å². The Kier molecular flexibility index (Phi) is 5.94. The normalized spacial score (nSPS) is 10.3. The highest BCUT2D eigenvalue weighted by Gasteiger charge is 2.08. The molecule has 0 unspecified atom stereocenters. The van der Waals surface area contributed by atoms with Crippen LogP contribution in [0.15, 0.2) is 60.8 Å². The van der Waals surface area contributed by atoms with Crippen LogP contribution in [-0.2, 0) is 6.54 Å². The number of halogens is 1. The van der Waals surface area contributed by atoms with Gasteiger partial charge in [0, 0.05) is 17.3 Å². The Morgan fingerprint density at radius 2 is 1.89 bits per heavy atom. The van der Waals surface area contributed by atoms with E-state index in [0.29, 0.717) is 17.3 Å². The number of rotatable bonds is 6. The summed E-state index contributed by atoms with van der Waals surface area (Å²) in [6.45, 7) is 2.42. The molecule has 138 valence electrons. The third kappa shape index (κ3) is 4.99. The average Bonchev–Trinajstić information content (AvgIpc) is 2.70. The fourth-order valence-corrected chi connectivity index (χ4v) is 2.67. The lowest BCUT2D eigenvalue weighted by Gasteiger charge is -2.10. The van der Waals surface area contributed by atoms with Crippen LogP contribution >= 0.6 is 11.6 Å². The maximum atomic E-state index is 12.3. The van der Waals surface area contributed by atoms with Gasteiger partial charge in [0.25, 0.3) is 5.91 Å². The molecule has 6 heteroatoms. The van der Waals surface area contributed by atoms with Crippen molar-refractivity contribution < 1.29 is 9.53 Å². The van der Waals surface area contributed by atoms with Crippen LogP contribution in [0.25, 0.3) is 0 Å². The van der Waals surface area contributed by atoms with Gasteiger partial charge >= 0.3 is 0 Å². The molecule has 1 amide bonds. The van der Waals surface area contributed by atoms with Gasteiger partial charge in [-0.3, -0.25) is 4.79 Å². The van der Waals surface area contributed by atoms with Crippen LogP contribution in [0.1, 0.15) is 21.6 Å². The third-order valence-corrected chi connectivity index (χ3v) is 4.32. The van der Waals surface area contributed by atoms with Crippen LogP contribution in [-0.4, -0.2) is 18.0 Å². The van der Waals surface area contributed by atoms with Gasteiger partial charge in [-0.25, -0.2) is 4.98 Å². The topological polar surface area (TPSA) is 63.2 Å². The molecular formula is C21H20ClN3O2. The zero-order chi connectivity index (χ0) is 19.2. The molecule has 0 aliphatic carbocycles. The number of hydrogen-bond donors (Lipinski definition) is 2. The number of benzene rings is 2. The summed E-state index contributed by atoms with van der Waals surface area (Å²) in [5, 5.41) is 6.77. The van der Waals surface area contributed by atoms with Gasteiger partial charge in [-0.1, -0.05) is 29.8 Å². The number of nitrogens with zero attached hydrogens (tertiary/aromatic N) is 1. The number of carbonyl (C=O) groups is 1. The highest BCUT2D eigenvalue weighted by Crippen LogP contribution is 2.23. The van der Waals surface area contributed by atoms with E-state index in [4.69, 9.17) is 16.3 Å². The van der Waals surface area contributed by atoms with E-state index < -0.39 is 0 Å². The van der Waals surface area contributed by atoms with Gasteiger partial charge in [0.2, 0.25) is 0 Å². The van der Waals surface area contributed by atoms with Crippen molar-refractivity contribution in [2.24, 2.45) is 0 Å². The summed E-state index contributed by atoms with van der Waals surface area (Å²) in [7, 11) is 1.62. The Hall–Kier alpha value is -3.05. The highest BCUT2D eigenvalue weighted by molar-refractivity contribution is 6.30. The second-order valence-electron chi connectivity index (χ2n) is 6.05. The Labute approximate surface area is 163 Å². The quantitative estimate of drug-likeness (QED) is 0.648. The van der Waals surface area contributed by atoms with Crippen molar-refractivity contribution in [2.45, 2.75) is 13.5 Å². The first-order valence-electron chi connectivity index (χ1n) is 8.45. The molecular weight excluding hydrogens is 362 g/mol. The Balaban J connectivity index is 1.60. The summed E-state index contributed by atoms with van der Waals surface area (Å²) >= 11 is 6.04. The largest absolute Gasteiger partial charge is 0.497 e. The molecule has 0 saturated carbocycles. The van der Waals surface area contributed by atoms with E-state index in [9.17, 15) is 4.79 Å². The molecule has 2 aromatic carbocycles. The van der Waals surface area contributed by atoms with E-state index in [1.165, 1.54) is 0 Å². The molecule has 0 aliphatic rings. The Morgan fingerprint density at radius 3 is 2.56 bits per heavy atom. The van der Waals surface area contributed by atoms with Crippen molar-refractivity contribution in [1.82, 2.24) is 10.3 Å². The van der Waals surface area contributed by atoms with Crippen molar-refractivity contribution in [3.63, 3.8) is 0 Å². The molecule has 3 aromatic rings. The van der Waals surface area contributed by atoms with Crippen LogP contribution in [0.2, 0.25) is 5.02 Å². The molecule has 1 heterocycles. The molecule has 1 aromatic heterocycles. The van der Waals surface area contributed by atoms with E-state index in [0.717, 1.165) is 28.3 Å². The fourth-order valence-electron chi connectivity index (χ4n) is 2.50. The number of ether oxygens (including phenoxy) is 1. The van der Waals surface area contributed by atoms with Gasteiger partial charge < -0.3 is 15.4 Å². The fraction of sp³-hybridized carbons (Fsp3) is 0.143. The summed E-state index contributed by atoms with van der Waals surface area (Å²) in [5.41, 5.74) is 4.10. The molecule has 0 bridgehead atoms. The summed E-state index contributed by atoms with van der Waals surface area (Å²) in [5.74, 6) is 0.557. The van der Waals surface area contributed by atoms with Crippen LogP contribution in [0.4, 0.5) is 11.4 Å². The molecule has 0 saturated heterocycles. The molecule has 0 spiro atoms. The molecule has 3 rings (SSSR count). The number of hydrogen-bond acceptors (Lipinski definition) is 4. The van der Waals surface area contributed by atoms with Crippen LogP contribution in [0, 0.1) is 6.92 Å². The lowest BCUT2D eigenvalue weighted by atomic mass is 10.2. The third-order valence-electron chi connectivity index (χ3n) is 4.09. The minimum absolute atomic E-state index is 0.226. The SMILES string of the molecule is COc1ccc(CNC(=O)c2ccc(Nc3cc(Cl)ccc3C)cn2)cc1. The monoisotopic (exact) mass is 381 g/mol. The van der Waals surface area contributed by atoms with E-state index in [1.807, 2.05) is 55.5 Å². The van der Waals surface area contributed by atoms with Crippen molar-refractivity contribution >= 4 is 28.9 Å². The number of pyridine rings is 1. The minimum Gasteiger partial charge on any atom is -0.497 e. The summed E-state index contributed by atoms with van der Waals surface area (Å²) in [6.07, 6.45) is 1.63. The second kappa shape index (κ2) is 8.56. The molecule has 0 fully saturated rings. The van der Waals surface area contributed by atoms with Gasteiger partial charge in [0.1, 0.15) is 11.4 Å². The van der Waals surface area contributed by atoms with Crippen molar-refractivity contribution in [1.29, 1.82) is 0 Å². The predicted octanol–water partition coefficient (Wildman–Crippen LogP) is 4.73. The number of anilines is 2. The highest BCUT2D eigenvalue weighted by atomic mass is 35.5. The maximum Gasteiger partial charge on any atom is 0.270 e. The zero-order valence-electron chi connectivity index (χ0n) is 15.1. The van der Waals surface area contributed by atoms with E-state index >= 15 is 0 Å². The van der Waals surface area contributed by atoms with Crippen LogP contribution in [0.5, 0.6) is 5.75 Å². The standard InChI is InChI=1S/C21H20ClN3O2/c1-14-3-6-16(22)11-20(14)25-17-7-10-19(23-13-17)21(26)24-12-15-4-8-18(27-2)9-5-15/h3-11,13,25H,12H2,1-2H3,(H,24,26). The Bertz CT molecular complexity index is 925. The minimum atomic E-state index is -0.226. The number of aryl methyl sites for hydroxylation is 1. The lowest BCUT2D eigenvalue weighted by molar-refractivity contribution is 0.0946. The van der Waals surface area contributed by atoms with Gasteiger partial charge in [0.05, 0.1) is 19.0 Å². The number of nitrogens with one attached hydrogen (secondary N) is 2. The van der Waals surface area contributed by atoms with E-state index in [1.54, 1.807) is 19.4 Å². The number of amides is 1. The Morgan fingerprint density at radius 1 is 1.11 bits per heavy atom. The average molecular weight is 382 g/mol. The first kappa shape index (κ1) is 18.7. The van der Waals surface area contributed by atoms with Crippen LogP contribution in [0.3, 0.4) is 0 Å². The first-order valence-corrected chi connectivity index (χ1v) is 8.83. The van der Waals surface area contributed by atoms with Crippen molar-refractivity contribution in [3.05, 3.63) is 82.6 Å². The number of aromatic nitrogens is 1. The molecule has 0 aliphatic heterocycles. The smallest absolute Gasteiger partial charge is 0.270 e. The van der Waals surface area contributed by atoms with Crippen LogP contribution < -0.4 is 15.4 Å². The lowest BCUT2D eigenvalue weighted by Crippen LogP contribution is -2.23. The molecule has 0 radical (unpaired) electrons.